The molecule has 1 aromatic heterocycles. The highest BCUT2D eigenvalue weighted by Crippen LogP contribution is 2.67. The molecule has 2 saturated carbocycles. The topological polar surface area (TPSA) is 17.5 Å². The van der Waals surface area contributed by atoms with Crippen LogP contribution in [-0.4, -0.2) is 10.7 Å². The van der Waals surface area contributed by atoms with Gasteiger partial charge < -0.3 is 9.30 Å². The molecule has 3 aliphatic rings. The Morgan fingerprint density at radius 2 is 2.13 bits per heavy atom. The van der Waals surface area contributed by atoms with E-state index >= 15 is 0 Å². The number of rotatable bonds is 1. The van der Waals surface area contributed by atoms with Crippen molar-refractivity contribution in [2.45, 2.75) is 43.8 Å². The Kier molecular flexibility index (Phi) is 1.30. The molecular weight excluding hydrogens is 186 g/mol. The smallest absolute Gasteiger partial charge is 0.134 e. The van der Waals surface area contributed by atoms with Crippen molar-refractivity contribution >= 4 is 0 Å². The number of epoxide rings is 1. The molecule has 2 nitrogen and oxygen atoms in total. The van der Waals surface area contributed by atoms with E-state index in [1.165, 1.54) is 37.8 Å². The van der Waals surface area contributed by atoms with Crippen molar-refractivity contribution in [3.63, 3.8) is 0 Å². The van der Waals surface area contributed by atoms with Crippen LogP contribution in [0.2, 0.25) is 0 Å². The number of aromatic nitrogens is 1. The second kappa shape index (κ2) is 2.32. The number of aryl methyl sites for hydroxylation is 1. The van der Waals surface area contributed by atoms with Gasteiger partial charge in [-0.3, -0.25) is 0 Å². The number of ether oxygens (including phenoxy) is 1. The molecule has 1 spiro atoms. The third-order valence-corrected chi connectivity index (χ3v) is 4.80. The Morgan fingerprint density at radius 1 is 1.33 bits per heavy atom. The van der Waals surface area contributed by atoms with Crippen LogP contribution in [0.5, 0.6) is 0 Å². The van der Waals surface area contributed by atoms with E-state index < -0.39 is 0 Å². The summed E-state index contributed by atoms with van der Waals surface area (Å²) in [6.07, 6.45) is 9.51. The van der Waals surface area contributed by atoms with Crippen molar-refractivity contribution in [1.82, 2.24) is 4.57 Å². The summed E-state index contributed by atoms with van der Waals surface area (Å²) in [6, 6.07) is 4.36. The minimum Gasteiger partial charge on any atom is -0.359 e. The Balaban J connectivity index is 1.67. The van der Waals surface area contributed by atoms with Gasteiger partial charge in [-0.2, -0.15) is 0 Å². The fraction of sp³-hybridized carbons (Fsp3) is 0.692. The van der Waals surface area contributed by atoms with Gasteiger partial charge in [0.05, 0.1) is 11.8 Å². The molecule has 0 unspecified atom stereocenters. The summed E-state index contributed by atoms with van der Waals surface area (Å²) in [4.78, 5) is 0. The zero-order valence-corrected chi connectivity index (χ0v) is 9.20. The molecule has 1 aliphatic heterocycles. The molecule has 3 fully saturated rings. The first-order valence-electron chi connectivity index (χ1n) is 6.04. The highest BCUT2D eigenvalue weighted by molar-refractivity contribution is 5.27. The Bertz CT molecular complexity index is 418. The van der Waals surface area contributed by atoms with Crippen molar-refractivity contribution in [2.75, 3.05) is 0 Å². The third kappa shape index (κ3) is 0.984. The highest BCUT2D eigenvalue weighted by Gasteiger charge is 2.66. The molecule has 4 rings (SSSR count). The second-order valence-electron chi connectivity index (χ2n) is 5.70. The van der Waals surface area contributed by atoms with Gasteiger partial charge in [0.2, 0.25) is 0 Å². The number of hydrogen-bond acceptors (Lipinski definition) is 1. The van der Waals surface area contributed by atoms with Gasteiger partial charge in [0.1, 0.15) is 5.60 Å². The van der Waals surface area contributed by atoms with Gasteiger partial charge in [-0.25, -0.2) is 0 Å². The van der Waals surface area contributed by atoms with Gasteiger partial charge >= 0.3 is 0 Å². The first-order valence-corrected chi connectivity index (χ1v) is 6.04. The molecule has 0 aromatic carbocycles. The first-order chi connectivity index (χ1) is 7.24. The van der Waals surface area contributed by atoms with Gasteiger partial charge in [-0.1, -0.05) is 0 Å². The van der Waals surface area contributed by atoms with Gasteiger partial charge in [-0.05, 0) is 49.7 Å². The van der Waals surface area contributed by atoms with Crippen LogP contribution >= 0.6 is 0 Å². The molecule has 0 amide bonds. The SMILES string of the molecule is Cn1cccc1[C@@]12CCC3(CC3)C[C@@H]1O2. The van der Waals surface area contributed by atoms with Gasteiger partial charge in [0, 0.05) is 13.2 Å². The number of fused-ring (bicyclic) bond motifs is 1. The maximum Gasteiger partial charge on any atom is 0.134 e. The fourth-order valence-electron chi connectivity index (χ4n) is 3.48. The molecule has 0 radical (unpaired) electrons. The van der Waals surface area contributed by atoms with Crippen LogP contribution in [-0.2, 0) is 17.4 Å². The minimum absolute atomic E-state index is 0.117. The van der Waals surface area contributed by atoms with Crippen LogP contribution in [0, 0.1) is 5.41 Å². The monoisotopic (exact) mass is 203 g/mol. The van der Waals surface area contributed by atoms with Crippen molar-refractivity contribution in [1.29, 1.82) is 0 Å². The molecule has 2 aliphatic carbocycles. The molecule has 1 saturated heterocycles. The zero-order valence-electron chi connectivity index (χ0n) is 9.20. The van der Waals surface area contributed by atoms with E-state index in [9.17, 15) is 0 Å². The van der Waals surface area contributed by atoms with E-state index in [0.29, 0.717) is 6.10 Å². The summed E-state index contributed by atoms with van der Waals surface area (Å²) in [6.45, 7) is 0. The van der Waals surface area contributed by atoms with E-state index in [0.717, 1.165) is 5.41 Å². The van der Waals surface area contributed by atoms with Crippen LogP contribution in [0.15, 0.2) is 18.3 Å². The van der Waals surface area contributed by atoms with Crippen LogP contribution in [0.4, 0.5) is 0 Å². The lowest BCUT2D eigenvalue weighted by atomic mass is 9.78. The van der Waals surface area contributed by atoms with Crippen molar-refractivity contribution < 1.29 is 4.74 Å². The summed E-state index contributed by atoms with van der Waals surface area (Å²) < 4.78 is 8.27. The summed E-state index contributed by atoms with van der Waals surface area (Å²) in [7, 11) is 2.13. The van der Waals surface area contributed by atoms with Crippen molar-refractivity contribution in [2.24, 2.45) is 12.5 Å². The van der Waals surface area contributed by atoms with E-state index in [1.807, 2.05) is 0 Å². The molecule has 2 heterocycles. The maximum atomic E-state index is 6.05. The average molecular weight is 203 g/mol. The molecule has 15 heavy (non-hydrogen) atoms. The van der Waals surface area contributed by atoms with Gasteiger partial charge in [0.15, 0.2) is 0 Å². The lowest BCUT2D eigenvalue weighted by molar-refractivity contribution is 0.270. The summed E-state index contributed by atoms with van der Waals surface area (Å²) >= 11 is 0. The van der Waals surface area contributed by atoms with Crippen LogP contribution in [0.25, 0.3) is 0 Å². The van der Waals surface area contributed by atoms with Crippen LogP contribution < -0.4 is 0 Å². The van der Waals surface area contributed by atoms with Crippen LogP contribution in [0.3, 0.4) is 0 Å². The first kappa shape index (κ1) is 8.40. The largest absolute Gasteiger partial charge is 0.359 e. The van der Waals surface area contributed by atoms with Gasteiger partial charge in [0.25, 0.3) is 0 Å². The highest BCUT2D eigenvalue weighted by atomic mass is 16.6. The molecule has 2 heteroatoms. The molecular formula is C13H17NO. The predicted molar refractivity (Wildman–Crippen MR) is 57.5 cm³/mol. The lowest BCUT2D eigenvalue weighted by Gasteiger charge is -2.24. The maximum absolute atomic E-state index is 6.05. The van der Waals surface area contributed by atoms with E-state index in [2.05, 4.69) is 29.9 Å². The Morgan fingerprint density at radius 3 is 2.73 bits per heavy atom. The molecule has 0 bridgehead atoms. The van der Waals surface area contributed by atoms with Crippen LogP contribution in [0.1, 0.15) is 37.8 Å². The van der Waals surface area contributed by atoms with Crippen molar-refractivity contribution in [3.05, 3.63) is 24.0 Å². The average Bonchev–Trinajstić information content (AvgIpc) is 3.10. The fourth-order valence-corrected chi connectivity index (χ4v) is 3.48. The van der Waals surface area contributed by atoms with E-state index in [4.69, 9.17) is 4.74 Å². The number of hydrogen-bond donors (Lipinski definition) is 0. The van der Waals surface area contributed by atoms with E-state index in [1.54, 1.807) is 0 Å². The third-order valence-electron chi connectivity index (χ3n) is 4.80. The zero-order chi connectivity index (χ0) is 10.1. The van der Waals surface area contributed by atoms with Crippen molar-refractivity contribution in [3.8, 4) is 0 Å². The minimum atomic E-state index is 0.117. The summed E-state index contributed by atoms with van der Waals surface area (Å²) in [5, 5.41) is 0. The Hall–Kier alpha value is -0.760. The van der Waals surface area contributed by atoms with E-state index in [-0.39, 0.29) is 5.60 Å². The molecule has 0 N–H and O–H groups in total. The van der Waals surface area contributed by atoms with Gasteiger partial charge in [-0.15, -0.1) is 0 Å². The Labute approximate surface area is 90.2 Å². The quantitative estimate of drug-likeness (QED) is 0.641. The standard InChI is InChI=1S/C13H17NO/c1-14-8-2-3-10(14)13-7-6-12(4-5-12)9-11(13)15-13/h2-3,8,11H,4-7,9H2,1H3/t11-,13-/m0/s1. The summed E-state index contributed by atoms with van der Waals surface area (Å²) in [5.74, 6) is 0. The molecule has 80 valence electrons. The second-order valence-corrected chi connectivity index (χ2v) is 5.70. The molecule has 2 atom stereocenters. The number of nitrogens with zero attached hydrogens (tertiary/aromatic N) is 1. The molecule has 1 aromatic rings. The lowest BCUT2D eigenvalue weighted by Crippen LogP contribution is -2.25. The normalized spacial score (nSPS) is 40.2. The predicted octanol–water partition coefficient (Wildman–Crippen LogP) is 2.58. The summed E-state index contributed by atoms with van der Waals surface area (Å²) in [5.41, 5.74) is 2.23.